The number of amides is 1. The molecule has 1 saturated carbocycles. The van der Waals surface area contributed by atoms with E-state index in [9.17, 15) is 4.79 Å². The maximum absolute atomic E-state index is 12.9. The predicted octanol–water partition coefficient (Wildman–Crippen LogP) is 3.24. The molecular weight excluding hydrogens is 387 g/mol. The van der Waals surface area contributed by atoms with Crippen LogP contribution >= 0.6 is 23.2 Å². The molecule has 1 aliphatic carbocycles. The Morgan fingerprint density at radius 2 is 1.96 bits per heavy atom. The summed E-state index contributed by atoms with van der Waals surface area (Å²) in [6, 6.07) is 5.62. The first-order valence-electron chi connectivity index (χ1n) is 8.92. The molecule has 2 fully saturated rings. The van der Waals surface area contributed by atoms with E-state index in [1.54, 1.807) is 25.6 Å². The second kappa shape index (κ2) is 7.52. The Morgan fingerprint density at radius 1 is 1.19 bits per heavy atom. The van der Waals surface area contributed by atoms with Crippen LogP contribution in [0.4, 0.5) is 5.82 Å². The second-order valence-corrected chi connectivity index (χ2v) is 7.61. The molecule has 2 unspecified atom stereocenters. The first kappa shape index (κ1) is 18.3. The summed E-state index contributed by atoms with van der Waals surface area (Å²) in [6.45, 7) is 2.79. The van der Waals surface area contributed by atoms with Crippen molar-refractivity contribution in [1.82, 2.24) is 14.9 Å². The summed E-state index contributed by atoms with van der Waals surface area (Å²) in [4.78, 5) is 25.5. The Morgan fingerprint density at radius 3 is 2.70 bits per heavy atom. The second-order valence-electron chi connectivity index (χ2n) is 6.82. The Labute approximate surface area is 168 Å². The minimum absolute atomic E-state index is 0.00382. The smallest absolute Gasteiger partial charge is 0.233 e. The molecule has 2 atom stereocenters. The van der Waals surface area contributed by atoms with Crippen LogP contribution in [0.3, 0.4) is 0 Å². The number of nitrogens with zero attached hydrogens (tertiary/aromatic N) is 4. The lowest BCUT2D eigenvalue weighted by atomic mass is 10.1. The quantitative estimate of drug-likeness (QED) is 0.779. The van der Waals surface area contributed by atoms with E-state index in [0.717, 1.165) is 30.9 Å². The molecule has 0 bridgehead atoms. The minimum Gasteiger partial charge on any atom is -0.480 e. The van der Waals surface area contributed by atoms with Crippen LogP contribution in [0.5, 0.6) is 5.88 Å². The van der Waals surface area contributed by atoms with Crippen molar-refractivity contribution in [1.29, 1.82) is 0 Å². The van der Waals surface area contributed by atoms with Gasteiger partial charge in [0, 0.05) is 32.1 Å². The van der Waals surface area contributed by atoms with E-state index in [1.807, 2.05) is 17.0 Å². The molecule has 1 amide bonds. The van der Waals surface area contributed by atoms with E-state index in [0.29, 0.717) is 29.0 Å². The van der Waals surface area contributed by atoms with Crippen LogP contribution in [0.25, 0.3) is 0 Å². The highest BCUT2D eigenvalue weighted by Gasteiger charge is 2.47. The number of rotatable bonds is 4. The minimum atomic E-state index is 0.00382. The molecule has 0 N–H and O–H groups in total. The van der Waals surface area contributed by atoms with Crippen molar-refractivity contribution in [3.05, 3.63) is 46.2 Å². The van der Waals surface area contributed by atoms with Gasteiger partial charge in [-0.3, -0.25) is 9.78 Å². The summed E-state index contributed by atoms with van der Waals surface area (Å²) in [6.07, 6.45) is 4.13. The zero-order valence-corrected chi connectivity index (χ0v) is 16.5. The number of hydrogen-bond acceptors (Lipinski definition) is 5. The van der Waals surface area contributed by atoms with Gasteiger partial charge in [-0.2, -0.15) is 4.98 Å². The molecule has 0 radical (unpaired) electrons. The van der Waals surface area contributed by atoms with Crippen molar-refractivity contribution in [2.45, 2.75) is 12.3 Å². The monoisotopic (exact) mass is 406 g/mol. The van der Waals surface area contributed by atoms with Gasteiger partial charge >= 0.3 is 0 Å². The fourth-order valence-electron chi connectivity index (χ4n) is 3.60. The molecule has 27 heavy (non-hydrogen) atoms. The number of anilines is 1. The number of hydrogen-bond donors (Lipinski definition) is 0. The maximum atomic E-state index is 12.9. The Kier molecular flexibility index (Phi) is 5.10. The number of piperazine rings is 1. The van der Waals surface area contributed by atoms with Crippen LogP contribution in [0.1, 0.15) is 17.9 Å². The summed E-state index contributed by atoms with van der Waals surface area (Å²) in [5.74, 6) is 1.64. The van der Waals surface area contributed by atoms with Gasteiger partial charge in [-0.05, 0) is 24.0 Å². The van der Waals surface area contributed by atoms with E-state index in [4.69, 9.17) is 27.9 Å². The van der Waals surface area contributed by atoms with Gasteiger partial charge < -0.3 is 14.5 Å². The summed E-state index contributed by atoms with van der Waals surface area (Å²) in [5, 5.41) is 1.11. The van der Waals surface area contributed by atoms with Crippen molar-refractivity contribution < 1.29 is 9.53 Å². The Balaban J connectivity index is 1.36. The van der Waals surface area contributed by atoms with Gasteiger partial charge in [0.05, 0.1) is 29.5 Å². The molecule has 2 heterocycles. The SMILES string of the molecule is COc1cncc(N2CCN(C(=O)C3CC3c3cccc(Cl)c3Cl)CC2)n1. The zero-order valence-electron chi connectivity index (χ0n) is 14.9. The van der Waals surface area contributed by atoms with E-state index in [1.165, 1.54) is 0 Å². The highest BCUT2D eigenvalue weighted by molar-refractivity contribution is 6.42. The normalized spacial score (nSPS) is 21.9. The molecular formula is C19H20Cl2N4O2. The largest absolute Gasteiger partial charge is 0.480 e. The number of methoxy groups -OCH3 is 1. The van der Waals surface area contributed by atoms with Crippen LogP contribution in [0, 0.1) is 5.92 Å². The van der Waals surface area contributed by atoms with Gasteiger partial charge in [0.2, 0.25) is 11.8 Å². The highest BCUT2D eigenvalue weighted by Crippen LogP contribution is 2.51. The lowest BCUT2D eigenvalue weighted by Gasteiger charge is -2.35. The van der Waals surface area contributed by atoms with Gasteiger partial charge in [-0.15, -0.1) is 0 Å². The summed E-state index contributed by atoms with van der Waals surface area (Å²) >= 11 is 12.4. The molecule has 8 heteroatoms. The summed E-state index contributed by atoms with van der Waals surface area (Å²) in [7, 11) is 1.57. The fraction of sp³-hybridized carbons (Fsp3) is 0.421. The lowest BCUT2D eigenvalue weighted by molar-refractivity contribution is -0.133. The van der Waals surface area contributed by atoms with Crippen molar-refractivity contribution in [3.8, 4) is 5.88 Å². The standard InChI is InChI=1S/C19H20Cl2N4O2/c1-27-17-11-22-10-16(23-17)24-5-7-25(8-6-24)19(26)14-9-13(14)12-3-2-4-15(20)18(12)21/h2-4,10-11,13-14H,5-9H2,1H3. The van der Waals surface area contributed by atoms with E-state index in [2.05, 4.69) is 14.9 Å². The summed E-state index contributed by atoms with van der Waals surface area (Å²) < 4.78 is 5.13. The summed E-state index contributed by atoms with van der Waals surface area (Å²) in [5.41, 5.74) is 0.979. The number of carbonyl (C=O) groups excluding carboxylic acids is 1. The molecule has 2 aromatic rings. The zero-order chi connectivity index (χ0) is 19.0. The Hall–Kier alpha value is -2.05. The maximum Gasteiger partial charge on any atom is 0.233 e. The number of carbonyl (C=O) groups is 1. The first-order chi connectivity index (χ1) is 13.1. The van der Waals surface area contributed by atoms with Crippen molar-refractivity contribution >= 4 is 34.9 Å². The van der Waals surface area contributed by atoms with Gasteiger partial charge in [0.1, 0.15) is 0 Å². The van der Waals surface area contributed by atoms with Crippen molar-refractivity contribution in [2.75, 3.05) is 38.2 Å². The Bertz CT molecular complexity index is 855. The molecule has 0 spiro atoms. The van der Waals surface area contributed by atoms with Crippen LogP contribution in [-0.4, -0.2) is 54.1 Å². The number of benzene rings is 1. The van der Waals surface area contributed by atoms with Crippen LogP contribution < -0.4 is 9.64 Å². The lowest BCUT2D eigenvalue weighted by Crippen LogP contribution is -2.49. The van der Waals surface area contributed by atoms with Crippen molar-refractivity contribution in [2.24, 2.45) is 5.92 Å². The van der Waals surface area contributed by atoms with Crippen LogP contribution in [0.2, 0.25) is 10.0 Å². The molecule has 1 aromatic carbocycles. The molecule has 2 aliphatic rings. The molecule has 1 aromatic heterocycles. The van der Waals surface area contributed by atoms with E-state index in [-0.39, 0.29) is 17.7 Å². The number of ether oxygens (including phenoxy) is 1. The first-order valence-corrected chi connectivity index (χ1v) is 9.67. The average Bonchev–Trinajstić information content (AvgIpc) is 3.50. The number of aromatic nitrogens is 2. The number of halogens is 2. The van der Waals surface area contributed by atoms with Crippen molar-refractivity contribution in [3.63, 3.8) is 0 Å². The van der Waals surface area contributed by atoms with Gasteiger partial charge in [-0.25, -0.2) is 0 Å². The van der Waals surface area contributed by atoms with Gasteiger partial charge in [-0.1, -0.05) is 35.3 Å². The van der Waals surface area contributed by atoms with Crippen LogP contribution in [0.15, 0.2) is 30.6 Å². The average molecular weight is 407 g/mol. The van der Waals surface area contributed by atoms with Gasteiger partial charge in [0.25, 0.3) is 0 Å². The van der Waals surface area contributed by atoms with Crippen LogP contribution in [-0.2, 0) is 4.79 Å². The molecule has 142 valence electrons. The van der Waals surface area contributed by atoms with Gasteiger partial charge in [0.15, 0.2) is 5.82 Å². The highest BCUT2D eigenvalue weighted by atomic mass is 35.5. The van der Waals surface area contributed by atoms with E-state index < -0.39 is 0 Å². The molecule has 6 nitrogen and oxygen atoms in total. The van der Waals surface area contributed by atoms with E-state index >= 15 is 0 Å². The third-order valence-corrected chi connectivity index (χ3v) is 6.05. The topological polar surface area (TPSA) is 58.6 Å². The third-order valence-electron chi connectivity index (χ3n) is 5.21. The molecule has 4 rings (SSSR count). The molecule has 1 aliphatic heterocycles. The molecule has 1 saturated heterocycles. The predicted molar refractivity (Wildman–Crippen MR) is 105 cm³/mol. The fourth-order valence-corrected chi connectivity index (χ4v) is 4.05. The third kappa shape index (κ3) is 3.69.